The number of hydrogen-bond acceptors (Lipinski definition) is 1. The molecule has 1 nitrogen and oxygen atoms in total. The Morgan fingerprint density at radius 1 is 1.12 bits per heavy atom. The van der Waals surface area contributed by atoms with Gasteiger partial charge >= 0.3 is 0 Å². The third-order valence-electron chi connectivity index (χ3n) is 3.26. The van der Waals surface area contributed by atoms with E-state index in [0.717, 1.165) is 0 Å². The normalized spacial score (nSPS) is 18.8. The molecule has 90 valence electrons. The largest absolute Gasteiger partial charge is 0.290 e. The summed E-state index contributed by atoms with van der Waals surface area (Å²) in [4.78, 5) is 4.69. The standard InChI is InChI=1S/C16H21N/c1-14(12-15-8-4-2-5-9-15)13-17-16-10-6-3-7-11-16/h2,4-5,8-9,12-13,16H,3,6-7,10-11H2,1H3/b14-12+,17-13?. The summed E-state index contributed by atoms with van der Waals surface area (Å²) >= 11 is 0. The van der Waals surface area contributed by atoms with Gasteiger partial charge in [-0.2, -0.15) is 0 Å². The summed E-state index contributed by atoms with van der Waals surface area (Å²) in [6, 6.07) is 11.0. The Bertz CT molecular complexity index is 383. The number of benzene rings is 1. The van der Waals surface area contributed by atoms with Gasteiger partial charge in [-0.15, -0.1) is 0 Å². The summed E-state index contributed by atoms with van der Waals surface area (Å²) < 4.78 is 0. The second-order valence-corrected chi connectivity index (χ2v) is 4.87. The molecule has 1 aliphatic rings. The summed E-state index contributed by atoms with van der Waals surface area (Å²) in [5.74, 6) is 0. The van der Waals surface area contributed by atoms with E-state index >= 15 is 0 Å². The lowest BCUT2D eigenvalue weighted by atomic mass is 9.96. The topological polar surface area (TPSA) is 12.4 Å². The van der Waals surface area contributed by atoms with E-state index in [-0.39, 0.29) is 0 Å². The molecule has 0 spiro atoms. The van der Waals surface area contributed by atoms with Crippen LogP contribution in [0.5, 0.6) is 0 Å². The predicted octanol–water partition coefficient (Wildman–Crippen LogP) is 4.49. The molecule has 0 saturated heterocycles. The van der Waals surface area contributed by atoms with Crippen molar-refractivity contribution in [3.63, 3.8) is 0 Å². The van der Waals surface area contributed by atoms with Crippen LogP contribution in [0.25, 0.3) is 6.08 Å². The van der Waals surface area contributed by atoms with Crippen LogP contribution < -0.4 is 0 Å². The number of aliphatic imine (C=N–C) groups is 1. The highest BCUT2D eigenvalue weighted by Crippen LogP contribution is 2.20. The molecule has 0 aliphatic heterocycles. The first kappa shape index (κ1) is 12.1. The number of hydrogen-bond donors (Lipinski definition) is 0. The zero-order chi connectivity index (χ0) is 11.9. The van der Waals surface area contributed by atoms with Crippen LogP contribution in [-0.4, -0.2) is 12.3 Å². The molecule has 1 heteroatoms. The van der Waals surface area contributed by atoms with E-state index in [2.05, 4.69) is 42.3 Å². The van der Waals surface area contributed by atoms with Gasteiger partial charge in [0.05, 0.1) is 0 Å². The lowest BCUT2D eigenvalue weighted by Gasteiger charge is -2.17. The van der Waals surface area contributed by atoms with Crippen molar-refractivity contribution in [1.82, 2.24) is 0 Å². The van der Waals surface area contributed by atoms with Crippen LogP contribution in [0.2, 0.25) is 0 Å². The highest BCUT2D eigenvalue weighted by molar-refractivity contribution is 5.84. The highest BCUT2D eigenvalue weighted by Gasteiger charge is 2.10. The summed E-state index contributed by atoms with van der Waals surface area (Å²) in [5.41, 5.74) is 2.49. The maximum atomic E-state index is 4.69. The Morgan fingerprint density at radius 2 is 1.82 bits per heavy atom. The average molecular weight is 227 g/mol. The smallest absolute Gasteiger partial charge is 0.0499 e. The van der Waals surface area contributed by atoms with E-state index in [1.54, 1.807) is 0 Å². The molecule has 1 fully saturated rings. The molecule has 0 radical (unpaired) electrons. The minimum Gasteiger partial charge on any atom is -0.290 e. The molecular weight excluding hydrogens is 206 g/mol. The van der Waals surface area contributed by atoms with E-state index in [0.29, 0.717) is 6.04 Å². The molecule has 0 amide bonds. The maximum absolute atomic E-state index is 4.69. The Labute approximate surface area is 104 Å². The quantitative estimate of drug-likeness (QED) is 0.674. The fraction of sp³-hybridized carbons (Fsp3) is 0.438. The van der Waals surface area contributed by atoms with Crippen LogP contribution in [0.4, 0.5) is 0 Å². The molecule has 0 bridgehead atoms. The van der Waals surface area contributed by atoms with Gasteiger partial charge < -0.3 is 0 Å². The van der Waals surface area contributed by atoms with Crippen molar-refractivity contribution < 1.29 is 0 Å². The second-order valence-electron chi connectivity index (χ2n) is 4.87. The van der Waals surface area contributed by atoms with Crippen LogP contribution >= 0.6 is 0 Å². The minimum absolute atomic E-state index is 0.572. The van der Waals surface area contributed by atoms with Crippen LogP contribution in [0, 0.1) is 0 Å². The van der Waals surface area contributed by atoms with Gasteiger partial charge in [-0.05, 0) is 30.9 Å². The first-order valence-electron chi connectivity index (χ1n) is 6.61. The highest BCUT2D eigenvalue weighted by atomic mass is 14.8. The fourth-order valence-electron chi connectivity index (χ4n) is 2.30. The van der Waals surface area contributed by atoms with E-state index < -0.39 is 0 Å². The molecular formula is C16H21N. The predicted molar refractivity (Wildman–Crippen MR) is 75.5 cm³/mol. The van der Waals surface area contributed by atoms with Gasteiger partial charge in [0.2, 0.25) is 0 Å². The van der Waals surface area contributed by atoms with Gasteiger partial charge in [-0.3, -0.25) is 4.99 Å². The lowest BCUT2D eigenvalue weighted by Crippen LogP contribution is -2.09. The van der Waals surface area contributed by atoms with Crippen molar-refractivity contribution in [2.45, 2.75) is 45.1 Å². The van der Waals surface area contributed by atoms with Gasteiger partial charge in [-0.1, -0.05) is 55.7 Å². The molecule has 0 N–H and O–H groups in total. The Kier molecular flexibility index (Phi) is 4.54. The van der Waals surface area contributed by atoms with Crippen molar-refractivity contribution in [3.8, 4) is 0 Å². The molecule has 0 atom stereocenters. The summed E-state index contributed by atoms with van der Waals surface area (Å²) in [6.07, 6.45) is 10.9. The zero-order valence-electron chi connectivity index (χ0n) is 10.6. The van der Waals surface area contributed by atoms with Crippen molar-refractivity contribution in [3.05, 3.63) is 41.5 Å². The average Bonchev–Trinajstić information content (AvgIpc) is 2.39. The van der Waals surface area contributed by atoms with Gasteiger partial charge in [0.25, 0.3) is 0 Å². The van der Waals surface area contributed by atoms with Crippen LogP contribution in [0.1, 0.15) is 44.6 Å². The molecule has 1 aromatic rings. The van der Waals surface area contributed by atoms with Crippen LogP contribution in [0.15, 0.2) is 40.9 Å². The maximum Gasteiger partial charge on any atom is 0.0499 e. The molecule has 0 heterocycles. The third-order valence-corrected chi connectivity index (χ3v) is 3.26. The van der Waals surface area contributed by atoms with E-state index in [4.69, 9.17) is 0 Å². The lowest BCUT2D eigenvalue weighted by molar-refractivity contribution is 0.444. The number of nitrogens with zero attached hydrogens (tertiary/aromatic N) is 1. The van der Waals surface area contributed by atoms with E-state index in [9.17, 15) is 0 Å². The number of rotatable bonds is 3. The monoisotopic (exact) mass is 227 g/mol. The zero-order valence-corrected chi connectivity index (χ0v) is 10.6. The Morgan fingerprint density at radius 3 is 2.53 bits per heavy atom. The van der Waals surface area contributed by atoms with Gasteiger partial charge in [0, 0.05) is 12.3 Å². The third kappa shape index (κ3) is 4.18. The number of allylic oxidation sites excluding steroid dienone is 1. The van der Waals surface area contributed by atoms with Crippen molar-refractivity contribution in [2.24, 2.45) is 4.99 Å². The molecule has 1 aliphatic carbocycles. The fourth-order valence-corrected chi connectivity index (χ4v) is 2.30. The SMILES string of the molecule is C/C(C=NC1CCCCC1)=C\c1ccccc1. The van der Waals surface area contributed by atoms with E-state index in [1.165, 1.54) is 43.2 Å². The van der Waals surface area contributed by atoms with Crippen molar-refractivity contribution in [2.75, 3.05) is 0 Å². The molecule has 17 heavy (non-hydrogen) atoms. The molecule has 1 saturated carbocycles. The first-order valence-corrected chi connectivity index (χ1v) is 6.61. The van der Waals surface area contributed by atoms with Crippen LogP contribution in [0.3, 0.4) is 0 Å². The first-order chi connectivity index (χ1) is 8.34. The van der Waals surface area contributed by atoms with Gasteiger partial charge in [0.15, 0.2) is 0 Å². The summed E-state index contributed by atoms with van der Waals surface area (Å²) in [7, 11) is 0. The second kappa shape index (κ2) is 6.39. The molecule has 2 rings (SSSR count). The van der Waals surface area contributed by atoms with Gasteiger partial charge in [-0.25, -0.2) is 0 Å². The van der Waals surface area contributed by atoms with Crippen LogP contribution in [-0.2, 0) is 0 Å². The minimum atomic E-state index is 0.572. The van der Waals surface area contributed by atoms with E-state index in [1.807, 2.05) is 12.3 Å². The van der Waals surface area contributed by atoms with Crippen molar-refractivity contribution >= 4 is 12.3 Å². The molecule has 0 unspecified atom stereocenters. The summed E-state index contributed by atoms with van der Waals surface area (Å²) in [6.45, 7) is 2.12. The molecule has 1 aromatic carbocycles. The Hall–Kier alpha value is -1.37. The molecule has 0 aromatic heterocycles. The van der Waals surface area contributed by atoms with Crippen molar-refractivity contribution in [1.29, 1.82) is 0 Å². The summed E-state index contributed by atoms with van der Waals surface area (Å²) in [5, 5.41) is 0. The van der Waals surface area contributed by atoms with Gasteiger partial charge in [0.1, 0.15) is 0 Å². The Balaban J connectivity index is 1.93.